The monoisotopic (exact) mass is 319 g/mol. The number of thiophene rings is 1. The van der Waals surface area contributed by atoms with Crippen LogP contribution in [0.25, 0.3) is 0 Å². The van der Waals surface area contributed by atoms with Gasteiger partial charge in [-0.05, 0) is 50.1 Å². The van der Waals surface area contributed by atoms with Crippen molar-refractivity contribution in [1.82, 2.24) is 15.1 Å². The molecule has 0 atom stereocenters. The van der Waals surface area contributed by atoms with Crippen molar-refractivity contribution in [3.05, 3.63) is 39.3 Å². The second kappa shape index (κ2) is 7.98. The molecular weight excluding hydrogens is 294 g/mol. The van der Waals surface area contributed by atoms with E-state index in [9.17, 15) is 0 Å². The first-order valence-electron chi connectivity index (χ1n) is 7.63. The molecule has 0 bridgehead atoms. The molecule has 2 heterocycles. The first-order chi connectivity index (χ1) is 10.6. The van der Waals surface area contributed by atoms with Crippen LogP contribution in [0.5, 0.6) is 0 Å². The Bertz CT molecular complexity index is 613. The van der Waals surface area contributed by atoms with Crippen molar-refractivity contribution in [1.29, 1.82) is 0 Å². The maximum atomic E-state index is 5.88. The smallest absolute Gasteiger partial charge is 0.188 e. The van der Waals surface area contributed by atoms with Gasteiger partial charge in [0, 0.05) is 30.7 Å². The number of hydrogen-bond donors (Lipinski definition) is 2. The van der Waals surface area contributed by atoms with Gasteiger partial charge in [0.2, 0.25) is 0 Å². The molecule has 0 saturated heterocycles. The lowest BCUT2D eigenvalue weighted by atomic mass is 10.1. The Kier molecular flexibility index (Phi) is 6.00. The van der Waals surface area contributed by atoms with Crippen LogP contribution in [0.2, 0.25) is 0 Å². The van der Waals surface area contributed by atoms with Gasteiger partial charge in [-0.1, -0.05) is 6.07 Å². The zero-order valence-electron chi connectivity index (χ0n) is 13.6. The molecule has 0 aliphatic carbocycles. The summed E-state index contributed by atoms with van der Waals surface area (Å²) < 4.78 is 1.94. The summed E-state index contributed by atoms with van der Waals surface area (Å²) in [6, 6.07) is 4.21. The molecule has 0 aromatic carbocycles. The topological polar surface area (TPSA) is 68.2 Å². The fraction of sp³-hybridized carbons (Fsp3) is 0.500. The minimum atomic E-state index is 0.538. The van der Waals surface area contributed by atoms with E-state index in [0.717, 1.165) is 38.0 Å². The standard InChI is InChI=1S/C16H25N5S/c1-12-15(13(2)21(3)20-12)7-4-9-18-16(17)19-10-8-14-6-5-11-22-14/h5-6,11H,4,7-10H2,1-3H3,(H3,17,18,19). The van der Waals surface area contributed by atoms with Crippen molar-refractivity contribution in [3.63, 3.8) is 0 Å². The Morgan fingerprint density at radius 2 is 2.23 bits per heavy atom. The van der Waals surface area contributed by atoms with Crippen LogP contribution in [-0.2, 0) is 19.9 Å². The number of aliphatic imine (C=N–C) groups is 1. The minimum absolute atomic E-state index is 0.538. The summed E-state index contributed by atoms with van der Waals surface area (Å²) >= 11 is 1.77. The number of nitrogens with one attached hydrogen (secondary N) is 1. The summed E-state index contributed by atoms with van der Waals surface area (Å²) in [6.07, 6.45) is 2.97. The van der Waals surface area contributed by atoms with Crippen LogP contribution in [0.1, 0.15) is 28.2 Å². The average Bonchev–Trinajstić information content (AvgIpc) is 3.07. The lowest BCUT2D eigenvalue weighted by Crippen LogP contribution is -2.33. The molecule has 0 saturated carbocycles. The SMILES string of the molecule is Cc1nn(C)c(C)c1CCCN=C(N)NCCc1cccs1. The number of rotatable bonds is 7. The summed E-state index contributed by atoms with van der Waals surface area (Å²) in [7, 11) is 1.99. The number of hydrogen-bond acceptors (Lipinski definition) is 3. The summed E-state index contributed by atoms with van der Waals surface area (Å²) in [5.74, 6) is 0.538. The first-order valence-corrected chi connectivity index (χ1v) is 8.51. The highest BCUT2D eigenvalue weighted by atomic mass is 32.1. The zero-order chi connectivity index (χ0) is 15.9. The van der Waals surface area contributed by atoms with Crippen LogP contribution in [0, 0.1) is 13.8 Å². The van der Waals surface area contributed by atoms with Gasteiger partial charge in [-0.15, -0.1) is 11.3 Å². The minimum Gasteiger partial charge on any atom is -0.370 e. The summed E-state index contributed by atoms with van der Waals surface area (Å²) in [4.78, 5) is 5.75. The van der Waals surface area contributed by atoms with Gasteiger partial charge in [-0.3, -0.25) is 9.67 Å². The maximum absolute atomic E-state index is 5.88. The molecule has 120 valence electrons. The summed E-state index contributed by atoms with van der Waals surface area (Å²) in [6.45, 7) is 5.74. The Labute approximate surface area is 136 Å². The molecule has 22 heavy (non-hydrogen) atoms. The van der Waals surface area contributed by atoms with E-state index in [1.807, 2.05) is 11.7 Å². The van der Waals surface area contributed by atoms with Gasteiger partial charge in [-0.2, -0.15) is 5.10 Å². The van der Waals surface area contributed by atoms with Gasteiger partial charge in [0.15, 0.2) is 5.96 Å². The largest absolute Gasteiger partial charge is 0.370 e. The van der Waals surface area contributed by atoms with Crippen molar-refractivity contribution in [2.45, 2.75) is 33.1 Å². The lowest BCUT2D eigenvalue weighted by molar-refractivity contribution is 0.728. The molecule has 2 aromatic rings. The number of aryl methyl sites for hydroxylation is 2. The number of nitrogens with two attached hydrogens (primary N) is 1. The van der Waals surface area contributed by atoms with Gasteiger partial charge in [-0.25, -0.2) is 0 Å². The molecule has 5 nitrogen and oxygen atoms in total. The highest BCUT2D eigenvalue weighted by molar-refractivity contribution is 7.09. The summed E-state index contributed by atoms with van der Waals surface area (Å²) in [5, 5.41) is 9.69. The fourth-order valence-corrected chi connectivity index (χ4v) is 3.17. The van der Waals surface area contributed by atoms with Crippen molar-refractivity contribution < 1.29 is 0 Å². The van der Waals surface area contributed by atoms with E-state index in [1.165, 1.54) is 16.1 Å². The molecule has 6 heteroatoms. The Morgan fingerprint density at radius 3 is 2.86 bits per heavy atom. The summed E-state index contributed by atoms with van der Waals surface area (Å²) in [5.41, 5.74) is 9.57. The van der Waals surface area contributed by atoms with Crippen molar-refractivity contribution in [3.8, 4) is 0 Å². The van der Waals surface area contributed by atoms with E-state index in [0.29, 0.717) is 5.96 Å². The highest BCUT2D eigenvalue weighted by Gasteiger charge is 2.08. The third-order valence-electron chi connectivity index (χ3n) is 3.78. The quantitative estimate of drug-likeness (QED) is 0.467. The van der Waals surface area contributed by atoms with Crippen LogP contribution in [-0.4, -0.2) is 28.8 Å². The molecule has 0 amide bonds. The van der Waals surface area contributed by atoms with Gasteiger partial charge in [0.25, 0.3) is 0 Å². The lowest BCUT2D eigenvalue weighted by Gasteiger charge is -2.05. The second-order valence-electron chi connectivity index (χ2n) is 5.40. The average molecular weight is 319 g/mol. The molecular formula is C16H25N5S. The number of aromatic nitrogens is 2. The molecule has 0 radical (unpaired) electrons. The first kappa shape index (κ1) is 16.5. The molecule has 3 N–H and O–H groups in total. The highest BCUT2D eigenvalue weighted by Crippen LogP contribution is 2.13. The Hall–Kier alpha value is -1.82. The van der Waals surface area contributed by atoms with E-state index < -0.39 is 0 Å². The van der Waals surface area contributed by atoms with E-state index in [4.69, 9.17) is 5.73 Å². The molecule has 0 aliphatic rings. The van der Waals surface area contributed by atoms with Gasteiger partial charge in [0.1, 0.15) is 0 Å². The molecule has 0 unspecified atom stereocenters. The number of guanidine groups is 1. The van der Waals surface area contributed by atoms with Crippen LogP contribution in [0.15, 0.2) is 22.5 Å². The second-order valence-corrected chi connectivity index (χ2v) is 6.43. The molecule has 2 aromatic heterocycles. The number of nitrogens with zero attached hydrogens (tertiary/aromatic N) is 3. The van der Waals surface area contributed by atoms with Crippen molar-refractivity contribution >= 4 is 17.3 Å². The zero-order valence-corrected chi connectivity index (χ0v) is 14.4. The third-order valence-corrected chi connectivity index (χ3v) is 4.72. The maximum Gasteiger partial charge on any atom is 0.188 e. The fourth-order valence-electron chi connectivity index (χ4n) is 2.46. The van der Waals surface area contributed by atoms with Crippen LogP contribution < -0.4 is 11.1 Å². The van der Waals surface area contributed by atoms with Crippen LogP contribution in [0.4, 0.5) is 0 Å². The van der Waals surface area contributed by atoms with Gasteiger partial charge >= 0.3 is 0 Å². The predicted octanol–water partition coefficient (Wildman–Crippen LogP) is 2.18. The molecule has 0 aliphatic heterocycles. The van der Waals surface area contributed by atoms with Crippen LogP contribution >= 0.6 is 11.3 Å². The van der Waals surface area contributed by atoms with E-state index >= 15 is 0 Å². The van der Waals surface area contributed by atoms with Crippen molar-refractivity contribution in [2.24, 2.45) is 17.8 Å². The van der Waals surface area contributed by atoms with Gasteiger partial charge < -0.3 is 11.1 Å². The Morgan fingerprint density at radius 1 is 1.41 bits per heavy atom. The molecule has 0 fully saturated rings. The van der Waals surface area contributed by atoms with E-state index in [-0.39, 0.29) is 0 Å². The Balaban J connectivity index is 1.68. The van der Waals surface area contributed by atoms with Crippen LogP contribution in [0.3, 0.4) is 0 Å². The van der Waals surface area contributed by atoms with E-state index in [1.54, 1.807) is 11.3 Å². The predicted molar refractivity (Wildman–Crippen MR) is 93.5 cm³/mol. The molecule has 2 rings (SSSR count). The molecule has 0 spiro atoms. The normalized spacial score (nSPS) is 11.9. The van der Waals surface area contributed by atoms with E-state index in [2.05, 4.69) is 46.8 Å². The van der Waals surface area contributed by atoms with Gasteiger partial charge in [0.05, 0.1) is 5.69 Å². The third kappa shape index (κ3) is 4.59. The van der Waals surface area contributed by atoms with Crippen molar-refractivity contribution in [2.75, 3.05) is 13.1 Å².